The van der Waals surface area contributed by atoms with Gasteiger partial charge in [-0.05, 0) is 68.3 Å². The molecule has 0 bridgehead atoms. The van der Waals surface area contributed by atoms with Crippen molar-refractivity contribution in [3.8, 4) is 5.75 Å². The number of carbonyl (C=O) groups excluding carboxylic acids is 1. The lowest BCUT2D eigenvalue weighted by atomic mass is 10.1. The standard InChI is InChI=1S/C19H17ClF3NO2.C9H9ClF2/c1-4-26-18-9-13(12(3)25)5-7-15(18)11(2)24-14-6-8-17(20)16(10-14)19(21,22)23;1-2-6-3-4-8(10)7(5-6)9(11)12/h5-10,24H,2,4H2,1,3H3;3-5,9H,2H2,1H3. The molecule has 0 saturated carbocycles. The molecule has 1 N–H and O–H groups in total. The Morgan fingerprint density at radius 2 is 1.66 bits per heavy atom. The zero-order chi connectivity index (χ0) is 28.6. The number of halogens is 7. The third-order valence-corrected chi connectivity index (χ3v) is 5.96. The van der Waals surface area contributed by atoms with Gasteiger partial charge in [-0.1, -0.05) is 48.8 Å². The van der Waals surface area contributed by atoms with Gasteiger partial charge in [-0.25, -0.2) is 8.78 Å². The van der Waals surface area contributed by atoms with Crippen LogP contribution in [0.5, 0.6) is 5.75 Å². The maximum atomic E-state index is 13.0. The van der Waals surface area contributed by atoms with Gasteiger partial charge in [0.2, 0.25) is 0 Å². The molecule has 3 aromatic rings. The molecule has 204 valence electrons. The largest absolute Gasteiger partial charge is 0.493 e. The van der Waals surface area contributed by atoms with E-state index in [9.17, 15) is 26.7 Å². The molecule has 0 radical (unpaired) electrons. The molecule has 0 aliphatic heterocycles. The number of ether oxygens (including phenoxy) is 1. The van der Waals surface area contributed by atoms with E-state index in [1.54, 1.807) is 31.2 Å². The maximum Gasteiger partial charge on any atom is 0.417 e. The topological polar surface area (TPSA) is 38.3 Å². The number of benzene rings is 3. The Kier molecular flexibility index (Phi) is 11.2. The average molecular weight is 574 g/mol. The van der Waals surface area contributed by atoms with Crippen molar-refractivity contribution in [3.05, 3.63) is 99.0 Å². The minimum Gasteiger partial charge on any atom is -0.493 e. The number of ketones is 1. The van der Waals surface area contributed by atoms with Crippen LogP contribution in [0.2, 0.25) is 10.0 Å². The Morgan fingerprint density at radius 3 is 2.21 bits per heavy atom. The lowest BCUT2D eigenvalue weighted by Crippen LogP contribution is -2.08. The molecular weight excluding hydrogens is 548 g/mol. The number of hydrogen-bond donors (Lipinski definition) is 1. The first kappa shape index (κ1) is 31.1. The van der Waals surface area contributed by atoms with Crippen LogP contribution in [0.25, 0.3) is 5.70 Å². The first-order valence-corrected chi connectivity index (χ1v) is 12.2. The van der Waals surface area contributed by atoms with E-state index in [0.29, 0.717) is 29.2 Å². The first-order chi connectivity index (χ1) is 17.8. The second-order valence-corrected chi connectivity index (χ2v) is 8.82. The second kappa shape index (κ2) is 13.6. The summed E-state index contributed by atoms with van der Waals surface area (Å²) in [5, 5.41) is 2.59. The van der Waals surface area contributed by atoms with Gasteiger partial charge in [-0.2, -0.15) is 13.2 Å². The number of carbonyl (C=O) groups is 1. The summed E-state index contributed by atoms with van der Waals surface area (Å²) in [5.74, 6) is 0.298. The van der Waals surface area contributed by atoms with Crippen LogP contribution in [0.15, 0.2) is 61.2 Å². The lowest BCUT2D eigenvalue weighted by molar-refractivity contribution is -0.137. The summed E-state index contributed by atoms with van der Waals surface area (Å²) < 4.78 is 69.0. The molecule has 3 rings (SSSR count). The first-order valence-electron chi connectivity index (χ1n) is 11.5. The van der Waals surface area contributed by atoms with Gasteiger partial charge in [-0.15, -0.1) is 0 Å². The molecule has 0 atom stereocenters. The van der Waals surface area contributed by atoms with Gasteiger partial charge in [-0.3, -0.25) is 4.79 Å². The molecule has 0 spiro atoms. The van der Waals surface area contributed by atoms with Crippen LogP contribution >= 0.6 is 23.2 Å². The predicted molar refractivity (Wildman–Crippen MR) is 143 cm³/mol. The molecule has 3 nitrogen and oxygen atoms in total. The third-order valence-electron chi connectivity index (χ3n) is 5.28. The monoisotopic (exact) mass is 573 g/mol. The SMILES string of the molecule is C=C(Nc1ccc(Cl)c(C(F)(F)F)c1)c1ccc(C(C)=O)cc1OCC.CCc1ccc(Cl)c(C(F)F)c1. The summed E-state index contributed by atoms with van der Waals surface area (Å²) in [6, 6.07) is 13.1. The lowest BCUT2D eigenvalue weighted by Gasteiger charge is -2.16. The Morgan fingerprint density at radius 1 is 1.00 bits per heavy atom. The summed E-state index contributed by atoms with van der Waals surface area (Å²) in [5.41, 5.74) is 1.40. The van der Waals surface area contributed by atoms with E-state index in [-0.39, 0.29) is 27.1 Å². The maximum absolute atomic E-state index is 13.0. The number of Topliss-reactive ketones (excluding diaryl/α,β-unsaturated/α-hetero) is 1. The predicted octanol–water partition coefficient (Wildman–Crippen LogP) is 9.88. The van der Waals surface area contributed by atoms with Crippen molar-refractivity contribution in [2.45, 2.75) is 39.8 Å². The quantitative estimate of drug-likeness (QED) is 0.215. The summed E-state index contributed by atoms with van der Waals surface area (Å²) in [7, 11) is 0. The second-order valence-electron chi connectivity index (χ2n) is 8.01. The zero-order valence-corrected chi connectivity index (χ0v) is 22.4. The highest BCUT2D eigenvalue weighted by Gasteiger charge is 2.33. The molecule has 0 aliphatic carbocycles. The average Bonchev–Trinajstić information content (AvgIpc) is 2.85. The summed E-state index contributed by atoms with van der Waals surface area (Å²) in [4.78, 5) is 11.5. The van der Waals surface area contributed by atoms with Crippen molar-refractivity contribution in [3.63, 3.8) is 0 Å². The normalized spacial score (nSPS) is 11.0. The minimum absolute atomic E-state index is 0.0731. The molecule has 0 amide bonds. The van der Waals surface area contributed by atoms with Gasteiger partial charge >= 0.3 is 6.18 Å². The highest BCUT2D eigenvalue weighted by atomic mass is 35.5. The van der Waals surface area contributed by atoms with E-state index < -0.39 is 18.2 Å². The smallest absolute Gasteiger partial charge is 0.417 e. The van der Waals surface area contributed by atoms with E-state index in [2.05, 4.69) is 11.9 Å². The Hall–Kier alpha value is -3.10. The molecular formula is C28H26Cl2F5NO2. The highest BCUT2D eigenvalue weighted by Crippen LogP contribution is 2.37. The van der Waals surface area contributed by atoms with E-state index >= 15 is 0 Å². The minimum atomic E-state index is -4.56. The number of aryl methyl sites for hydroxylation is 1. The van der Waals surface area contributed by atoms with Crippen LogP contribution in [0.1, 0.15) is 59.8 Å². The van der Waals surface area contributed by atoms with Crippen LogP contribution in [-0.2, 0) is 12.6 Å². The fourth-order valence-corrected chi connectivity index (χ4v) is 3.73. The van der Waals surface area contributed by atoms with Crippen LogP contribution in [0, 0.1) is 0 Å². The highest BCUT2D eigenvalue weighted by molar-refractivity contribution is 6.31. The molecule has 0 aliphatic rings. The van der Waals surface area contributed by atoms with E-state index in [1.165, 1.54) is 31.2 Å². The van der Waals surface area contributed by atoms with Crippen molar-refractivity contribution in [2.75, 3.05) is 11.9 Å². The van der Waals surface area contributed by atoms with E-state index in [1.807, 2.05) is 6.92 Å². The van der Waals surface area contributed by atoms with Gasteiger partial charge in [0.1, 0.15) is 5.75 Å². The number of rotatable bonds is 8. The van der Waals surface area contributed by atoms with Gasteiger partial charge in [0.25, 0.3) is 6.43 Å². The van der Waals surface area contributed by atoms with Gasteiger partial charge in [0.15, 0.2) is 5.78 Å². The summed E-state index contributed by atoms with van der Waals surface area (Å²) in [6.45, 7) is 9.36. The van der Waals surface area contributed by atoms with Crippen LogP contribution in [-0.4, -0.2) is 12.4 Å². The number of anilines is 1. The Balaban J connectivity index is 0.000000352. The number of alkyl halides is 5. The molecule has 0 saturated heterocycles. The Bertz CT molecular complexity index is 1290. The van der Waals surface area contributed by atoms with E-state index in [4.69, 9.17) is 27.9 Å². The van der Waals surface area contributed by atoms with Gasteiger partial charge < -0.3 is 10.1 Å². The number of hydrogen-bond acceptors (Lipinski definition) is 3. The van der Waals surface area contributed by atoms with Crippen LogP contribution < -0.4 is 10.1 Å². The van der Waals surface area contributed by atoms with Gasteiger partial charge in [0, 0.05) is 33.1 Å². The van der Waals surface area contributed by atoms with Gasteiger partial charge in [0.05, 0.1) is 17.2 Å². The molecule has 0 fully saturated rings. The van der Waals surface area contributed by atoms with Crippen LogP contribution in [0.4, 0.5) is 27.6 Å². The molecule has 3 aromatic carbocycles. The van der Waals surface area contributed by atoms with Crippen molar-refractivity contribution in [1.82, 2.24) is 0 Å². The zero-order valence-electron chi connectivity index (χ0n) is 20.9. The molecule has 0 unspecified atom stereocenters. The van der Waals surface area contributed by atoms with E-state index in [0.717, 1.165) is 18.1 Å². The summed E-state index contributed by atoms with van der Waals surface area (Å²) in [6.07, 6.45) is -6.30. The van der Waals surface area contributed by atoms with Crippen molar-refractivity contribution >= 4 is 40.4 Å². The summed E-state index contributed by atoms with van der Waals surface area (Å²) >= 11 is 11.2. The molecule has 38 heavy (non-hydrogen) atoms. The Labute approximate surface area is 228 Å². The fourth-order valence-electron chi connectivity index (χ4n) is 3.31. The van der Waals surface area contributed by atoms with Crippen molar-refractivity contribution < 1.29 is 31.5 Å². The molecule has 0 heterocycles. The molecule has 0 aromatic heterocycles. The third kappa shape index (κ3) is 8.46. The number of nitrogens with one attached hydrogen (secondary N) is 1. The van der Waals surface area contributed by atoms with Crippen LogP contribution in [0.3, 0.4) is 0 Å². The molecule has 10 heteroatoms. The van der Waals surface area contributed by atoms with Crippen molar-refractivity contribution in [2.24, 2.45) is 0 Å². The van der Waals surface area contributed by atoms with Crippen molar-refractivity contribution in [1.29, 1.82) is 0 Å². The fraction of sp³-hybridized carbons (Fsp3) is 0.250.